The normalized spacial score (nSPS) is 19.1. The molecule has 142 valence electrons. The number of hydrogen-bond acceptors (Lipinski definition) is 7. The first-order chi connectivity index (χ1) is 12.8. The van der Waals surface area contributed by atoms with Crippen LogP contribution >= 0.6 is 23.5 Å². The van der Waals surface area contributed by atoms with E-state index in [1.165, 1.54) is 51.9 Å². The molecule has 2 saturated heterocycles. The van der Waals surface area contributed by atoms with E-state index in [9.17, 15) is 0 Å². The molecule has 4 rings (SSSR count). The highest BCUT2D eigenvalue weighted by Gasteiger charge is 2.16. The second-order valence-electron chi connectivity index (χ2n) is 7.13. The van der Waals surface area contributed by atoms with Crippen molar-refractivity contribution in [2.24, 2.45) is 7.05 Å². The third-order valence-corrected chi connectivity index (χ3v) is 6.97. The van der Waals surface area contributed by atoms with E-state index < -0.39 is 0 Å². The first-order valence-electron chi connectivity index (χ1n) is 9.69. The van der Waals surface area contributed by atoms with Gasteiger partial charge in [-0.2, -0.15) is 0 Å². The summed E-state index contributed by atoms with van der Waals surface area (Å²) in [6, 6.07) is 0. The van der Waals surface area contributed by atoms with E-state index in [0.717, 1.165) is 45.9 Å². The van der Waals surface area contributed by atoms with E-state index in [-0.39, 0.29) is 0 Å². The van der Waals surface area contributed by atoms with Crippen LogP contribution in [0, 0.1) is 0 Å². The predicted octanol–water partition coefficient (Wildman–Crippen LogP) is 2.74. The maximum absolute atomic E-state index is 4.88. The molecule has 0 atom stereocenters. The zero-order chi connectivity index (χ0) is 17.8. The molecular formula is C18H28N6S2. The predicted molar refractivity (Wildman–Crippen MR) is 109 cm³/mol. The van der Waals surface area contributed by atoms with E-state index in [2.05, 4.69) is 19.8 Å². The minimum atomic E-state index is 0.829. The van der Waals surface area contributed by atoms with Crippen molar-refractivity contribution in [2.45, 2.75) is 35.9 Å². The summed E-state index contributed by atoms with van der Waals surface area (Å²) in [5.41, 5.74) is 1.90. The van der Waals surface area contributed by atoms with Gasteiger partial charge in [-0.05, 0) is 51.9 Å². The fourth-order valence-electron chi connectivity index (χ4n) is 3.72. The van der Waals surface area contributed by atoms with E-state index in [4.69, 9.17) is 4.98 Å². The van der Waals surface area contributed by atoms with E-state index in [1.807, 2.05) is 29.7 Å². The molecule has 8 heteroatoms. The van der Waals surface area contributed by atoms with Crippen LogP contribution in [-0.4, -0.2) is 80.1 Å². The molecule has 2 aromatic rings. The Morgan fingerprint density at radius 2 is 1.50 bits per heavy atom. The van der Waals surface area contributed by atoms with Crippen molar-refractivity contribution in [1.29, 1.82) is 0 Å². The Labute approximate surface area is 164 Å². The first kappa shape index (κ1) is 18.5. The maximum atomic E-state index is 4.88. The van der Waals surface area contributed by atoms with Crippen LogP contribution in [0.5, 0.6) is 0 Å². The molecular weight excluding hydrogens is 364 g/mol. The molecule has 0 aromatic carbocycles. The van der Waals surface area contributed by atoms with Gasteiger partial charge in [-0.15, -0.1) is 11.8 Å². The van der Waals surface area contributed by atoms with Gasteiger partial charge < -0.3 is 14.4 Å². The van der Waals surface area contributed by atoms with E-state index in [0.29, 0.717) is 0 Å². The van der Waals surface area contributed by atoms with Gasteiger partial charge in [0.2, 0.25) is 0 Å². The third-order valence-electron chi connectivity index (χ3n) is 5.20. The Morgan fingerprint density at radius 3 is 2.15 bits per heavy atom. The molecule has 4 heterocycles. The van der Waals surface area contributed by atoms with Crippen LogP contribution in [0.3, 0.4) is 0 Å². The maximum Gasteiger partial charge on any atom is 0.190 e. The lowest BCUT2D eigenvalue weighted by Crippen LogP contribution is -2.22. The highest BCUT2D eigenvalue weighted by atomic mass is 32.2. The van der Waals surface area contributed by atoms with Crippen LogP contribution in [0.2, 0.25) is 0 Å². The number of imidazole rings is 1. The third kappa shape index (κ3) is 4.52. The van der Waals surface area contributed by atoms with Gasteiger partial charge in [0.25, 0.3) is 0 Å². The van der Waals surface area contributed by atoms with Crippen LogP contribution < -0.4 is 0 Å². The molecule has 0 saturated carbocycles. The van der Waals surface area contributed by atoms with Crippen LogP contribution in [-0.2, 0) is 7.05 Å². The van der Waals surface area contributed by atoms with Gasteiger partial charge in [-0.25, -0.2) is 15.0 Å². The van der Waals surface area contributed by atoms with E-state index >= 15 is 0 Å². The highest BCUT2D eigenvalue weighted by molar-refractivity contribution is 8.00. The number of nitrogens with zero attached hydrogens (tertiary/aromatic N) is 6. The quantitative estimate of drug-likeness (QED) is 0.389. The topological polar surface area (TPSA) is 50.1 Å². The molecule has 26 heavy (non-hydrogen) atoms. The van der Waals surface area contributed by atoms with Gasteiger partial charge in [-0.3, -0.25) is 0 Å². The number of likely N-dealkylation sites (tertiary alicyclic amines) is 2. The second kappa shape index (κ2) is 8.91. The number of aryl methyl sites for hydroxylation is 1. The lowest BCUT2D eigenvalue weighted by atomic mass is 10.4. The van der Waals surface area contributed by atoms with Crippen molar-refractivity contribution in [3.8, 4) is 0 Å². The van der Waals surface area contributed by atoms with Gasteiger partial charge in [0.1, 0.15) is 10.5 Å². The highest BCUT2D eigenvalue weighted by Crippen LogP contribution is 2.27. The van der Waals surface area contributed by atoms with Crippen LogP contribution in [0.1, 0.15) is 25.7 Å². The Kier molecular flexibility index (Phi) is 6.35. The van der Waals surface area contributed by atoms with Gasteiger partial charge in [0.05, 0.1) is 6.33 Å². The number of hydrogen-bond donors (Lipinski definition) is 0. The average molecular weight is 393 g/mol. The zero-order valence-corrected chi connectivity index (χ0v) is 17.2. The molecule has 2 aliphatic rings. The van der Waals surface area contributed by atoms with Crippen molar-refractivity contribution in [1.82, 2.24) is 29.3 Å². The summed E-state index contributed by atoms with van der Waals surface area (Å²) in [6.07, 6.45) is 7.24. The second-order valence-corrected chi connectivity index (χ2v) is 9.28. The number of rotatable bonds is 8. The smallest absolute Gasteiger partial charge is 0.190 e. The lowest BCUT2D eigenvalue weighted by Gasteiger charge is -2.14. The lowest BCUT2D eigenvalue weighted by molar-refractivity contribution is 0.362. The molecule has 0 radical (unpaired) electrons. The molecule has 0 N–H and O–H groups in total. The molecule has 2 aromatic heterocycles. The summed E-state index contributed by atoms with van der Waals surface area (Å²) in [5.74, 6) is 2.13. The van der Waals surface area contributed by atoms with Crippen molar-refractivity contribution in [3.05, 3.63) is 6.33 Å². The summed E-state index contributed by atoms with van der Waals surface area (Å²) in [5, 5.41) is 1.96. The molecule has 0 bridgehead atoms. The summed E-state index contributed by atoms with van der Waals surface area (Å²) < 4.78 is 2.05. The van der Waals surface area contributed by atoms with Gasteiger partial charge in [0.15, 0.2) is 10.8 Å². The van der Waals surface area contributed by atoms with Crippen molar-refractivity contribution < 1.29 is 0 Å². The van der Waals surface area contributed by atoms with Crippen molar-refractivity contribution in [3.63, 3.8) is 0 Å². The number of thioether (sulfide) groups is 2. The zero-order valence-electron chi connectivity index (χ0n) is 15.6. The molecule has 0 spiro atoms. The molecule has 2 aliphatic heterocycles. The fourth-order valence-corrected chi connectivity index (χ4v) is 5.68. The summed E-state index contributed by atoms with van der Waals surface area (Å²) >= 11 is 3.62. The Hall–Kier alpha value is -0.830. The number of fused-ring (bicyclic) bond motifs is 1. The standard InChI is InChI=1S/C18H28N6S2/c1-22-14-19-16-15(22)17(25-12-10-23-6-2-3-7-23)21-18(20-16)26-13-11-24-8-4-5-9-24/h14H,2-13H2,1H3. The fraction of sp³-hybridized carbons (Fsp3) is 0.722. The van der Waals surface area contributed by atoms with Crippen LogP contribution in [0.15, 0.2) is 16.5 Å². The van der Waals surface area contributed by atoms with Crippen LogP contribution in [0.4, 0.5) is 0 Å². The monoisotopic (exact) mass is 392 g/mol. The Morgan fingerprint density at radius 1 is 0.885 bits per heavy atom. The molecule has 0 unspecified atom stereocenters. The molecule has 2 fully saturated rings. The minimum absolute atomic E-state index is 0.829. The average Bonchev–Trinajstić information content (AvgIpc) is 3.38. The largest absolute Gasteiger partial charge is 0.330 e. The van der Waals surface area contributed by atoms with Gasteiger partial charge >= 0.3 is 0 Å². The van der Waals surface area contributed by atoms with Gasteiger partial charge in [-0.1, -0.05) is 11.8 Å². The van der Waals surface area contributed by atoms with Crippen molar-refractivity contribution >= 4 is 34.7 Å². The van der Waals surface area contributed by atoms with Crippen molar-refractivity contribution in [2.75, 3.05) is 50.8 Å². The molecule has 0 amide bonds. The van der Waals surface area contributed by atoms with Crippen LogP contribution in [0.25, 0.3) is 11.2 Å². The Balaban J connectivity index is 1.40. The summed E-state index contributed by atoms with van der Waals surface area (Å²) in [6.45, 7) is 7.28. The van der Waals surface area contributed by atoms with Gasteiger partial charge in [0, 0.05) is 31.6 Å². The molecule has 0 aliphatic carbocycles. The molecule has 6 nitrogen and oxygen atoms in total. The number of aromatic nitrogens is 4. The first-order valence-corrected chi connectivity index (χ1v) is 11.7. The minimum Gasteiger partial charge on any atom is -0.330 e. The summed E-state index contributed by atoms with van der Waals surface area (Å²) in [7, 11) is 2.03. The van der Waals surface area contributed by atoms with E-state index in [1.54, 1.807) is 11.8 Å². The summed E-state index contributed by atoms with van der Waals surface area (Å²) in [4.78, 5) is 19.1. The Bertz CT molecular complexity index is 722. The SMILES string of the molecule is Cn1cnc2nc(SCCN3CCCC3)nc(SCCN3CCCC3)c21.